The van der Waals surface area contributed by atoms with Crippen LogP contribution in [0.25, 0.3) is 10.7 Å². The Bertz CT molecular complexity index is 795. The molecular weight excluding hydrogens is 292 g/mol. The Labute approximate surface area is 122 Å². The van der Waals surface area contributed by atoms with Crippen molar-refractivity contribution in [3.8, 4) is 10.7 Å². The fraction of sp³-hybridized carbons (Fsp3) is 0. The summed E-state index contributed by atoms with van der Waals surface area (Å²) in [6.45, 7) is 0. The topological polar surface area (TPSA) is 93.3 Å². The van der Waals surface area contributed by atoms with E-state index >= 15 is 0 Å². The zero-order valence-electron chi connectivity index (χ0n) is 10.5. The monoisotopic (exact) mass is 300 g/mol. The molecule has 104 valence electrons. The van der Waals surface area contributed by atoms with Gasteiger partial charge >= 0.3 is 5.97 Å². The van der Waals surface area contributed by atoms with Gasteiger partial charge in [-0.25, -0.2) is 14.8 Å². The van der Waals surface area contributed by atoms with Gasteiger partial charge in [0.2, 0.25) is 5.78 Å². The van der Waals surface area contributed by atoms with Crippen LogP contribution in [0.4, 0.5) is 0 Å². The van der Waals surface area contributed by atoms with Gasteiger partial charge in [0.15, 0.2) is 17.3 Å². The molecule has 0 aliphatic carbocycles. The van der Waals surface area contributed by atoms with E-state index in [4.69, 9.17) is 4.42 Å². The molecule has 7 heteroatoms. The maximum atomic E-state index is 12.2. The van der Waals surface area contributed by atoms with Crippen LogP contribution in [0.15, 0.2) is 46.5 Å². The van der Waals surface area contributed by atoms with Crippen molar-refractivity contribution < 1.29 is 19.1 Å². The summed E-state index contributed by atoms with van der Waals surface area (Å²) >= 11 is 1.39. The molecular formula is C14H8N2O4S. The quantitative estimate of drug-likeness (QED) is 0.745. The minimum atomic E-state index is -1.29. The number of rotatable bonds is 4. The predicted octanol–water partition coefficient (Wildman–Crippen LogP) is 2.73. The van der Waals surface area contributed by atoms with Gasteiger partial charge in [-0.2, -0.15) is 0 Å². The van der Waals surface area contributed by atoms with E-state index in [0.29, 0.717) is 0 Å². The molecule has 3 heterocycles. The number of carboxylic acids is 1. The number of furan rings is 1. The van der Waals surface area contributed by atoms with Crippen molar-refractivity contribution in [3.05, 3.63) is 59.1 Å². The van der Waals surface area contributed by atoms with Gasteiger partial charge in [0, 0.05) is 6.20 Å². The lowest BCUT2D eigenvalue weighted by atomic mass is 10.1. The summed E-state index contributed by atoms with van der Waals surface area (Å²) in [6.07, 6.45) is 2.56. The van der Waals surface area contributed by atoms with E-state index in [1.807, 2.05) is 11.4 Å². The Morgan fingerprint density at radius 1 is 1.24 bits per heavy atom. The number of carboxylic acid groups (broad SMARTS) is 1. The third-order valence-electron chi connectivity index (χ3n) is 2.72. The largest absolute Gasteiger partial charge is 0.476 e. The third-order valence-corrected chi connectivity index (χ3v) is 3.59. The molecule has 0 bridgehead atoms. The second-order valence-corrected chi connectivity index (χ2v) is 4.99. The average molecular weight is 300 g/mol. The van der Waals surface area contributed by atoms with Gasteiger partial charge < -0.3 is 9.52 Å². The molecule has 0 unspecified atom stereocenters. The molecule has 3 rings (SSSR count). The lowest BCUT2D eigenvalue weighted by Crippen LogP contribution is -2.13. The summed E-state index contributed by atoms with van der Waals surface area (Å²) in [5.74, 6) is -1.52. The molecule has 3 aromatic rings. The minimum absolute atomic E-state index is 0.0463. The van der Waals surface area contributed by atoms with Crippen LogP contribution in [0, 0.1) is 0 Å². The number of hydrogen-bond acceptors (Lipinski definition) is 6. The molecule has 0 aliphatic heterocycles. The Morgan fingerprint density at radius 2 is 2.10 bits per heavy atom. The van der Waals surface area contributed by atoms with E-state index in [9.17, 15) is 14.7 Å². The average Bonchev–Trinajstić information content (AvgIpc) is 3.18. The van der Waals surface area contributed by atoms with Crippen molar-refractivity contribution in [1.29, 1.82) is 0 Å². The number of aromatic nitrogens is 2. The zero-order chi connectivity index (χ0) is 14.8. The van der Waals surface area contributed by atoms with Crippen molar-refractivity contribution in [2.45, 2.75) is 0 Å². The highest BCUT2D eigenvalue weighted by atomic mass is 32.1. The third kappa shape index (κ3) is 2.46. The molecule has 0 spiro atoms. The van der Waals surface area contributed by atoms with E-state index in [-0.39, 0.29) is 22.8 Å². The van der Waals surface area contributed by atoms with Crippen LogP contribution in [0.5, 0.6) is 0 Å². The molecule has 0 radical (unpaired) electrons. The summed E-state index contributed by atoms with van der Waals surface area (Å²) in [5, 5.41) is 11.1. The predicted molar refractivity (Wildman–Crippen MR) is 74.4 cm³/mol. The molecule has 0 fully saturated rings. The molecule has 0 saturated heterocycles. The number of aromatic carboxylic acids is 1. The van der Waals surface area contributed by atoms with E-state index < -0.39 is 11.8 Å². The van der Waals surface area contributed by atoms with Gasteiger partial charge in [-0.05, 0) is 23.6 Å². The van der Waals surface area contributed by atoms with Crippen LogP contribution < -0.4 is 0 Å². The molecule has 0 saturated carbocycles. The summed E-state index contributed by atoms with van der Waals surface area (Å²) in [4.78, 5) is 32.3. The van der Waals surface area contributed by atoms with E-state index in [2.05, 4.69) is 9.97 Å². The first kappa shape index (κ1) is 13.2. The van der Waals surface area contributed by atoms with Gasteiger partial charge in [-0.15, -0.1) is 11.3 Å². The Kier molecular flexibility index (Phi) is 3.33. The van der Waals surface area contributed by atoms with E-state index in [1.54, 1.807) is 12.1 Å². The highest BCUT2D eigenvalue weighted by molar-refractivity contribution is 7.13. The van der Waals surface area contributed by atoms with Crippen LogP contribution >= 0.6 is 11.3 Å². The lowest BCUT2D eigenvalue weighted by Gasteiger charge is -2.04. The highest BCUT2D eigenvalue weighted by Gasteiger charge is 2.23. The summed E-state index contributed by atoms with van der Waals surface area (Å²) in [6, 6.07) is 6.60. The molecule has 0 atom stereocenters. The minimum Gasteiger partial charge on any atom is -0.476 e. The fourth-order valence-electron chi connectivity index (χ4n) is 1.78. The first-order valence-corrected chi connectivity index (χ1v) is 6.77. The Morgan fingerprint density at radius 3 is 2.71 bits per heavy atom. The number of nitrogens with zero attached hydrogens (tertiary/aromatic N) is 2. The SMILES string of the molecule is O=C(c1ccco1)c1cnc(-c2cccs2)nc1C(=O)O. The second kappa shape index (κ2) is 5.29. The molecule has 0 amide bonds. The first-order chi connectivity index (χ1) is 10.2. The summed E-state index contributed by atoms with van der Waals surface area (Å²) in [5.41, 5.74) is -0.437. The van der Waals surface area contributed by atoms with Crippen molar-refractivity contribution >= 4 is 23.1 Å². The first-order valence-electron chi connectivity index (χ1n) is 5.89. The van der Waals surface area contributed by atoms with Crippen LogP contribution in [0.1, 0.15) is 26.6 Å². The van der Waals surface area contributed by atoms with Crippen LogP contribution in [0.2, 0.25) is 0 Å². The molecule has 21 heavy (non-hydrogen) atoms. The van der Waals surface area contributed by atoms with Crippen molar-refractivity contribution in [2.75, 3.05) is 0 Å². The van der Waals surface area contributed by atoms with Gasteiger partial charge in [0.05, 0.1) is 16.7 Å². The van der Waals surface area contributed by atoms with Crippen molar-refractivity contribution in [3.63, 3.8) is 0 Å². The van der Waals surface area contributed by atoms with Crippen molar-refractivity contribution in [1.82, 2.24) is 9.97 Å². The summed E-state index contributed by atoms with van der Waals surface area (Å²) in [7, 11) is 0. The fourth-order valence-corrected chi connectivity index (χ4v) is 2.44. The second-order valence-electron chi connectivity index (χ2n) is 4.04. The van der Waals surface area contributed by atoms with Crippen LogP contribution in [-0.4, -0.2) is 26.8 Å². The molecule has 6 nitrogen and oxygen atoms in total. The summed E-state index contributed by atoms with van der Waals surface area (Å²) < 4.78 is 4.99. The number of carbonyl (C=O) groups excluding carboxylic acids is 1. The Balaban J connectivity index is 2.09. The maximum Gasteiger partial charge on any atom is 0.355 e. The van der Waals surface area contributed by atoms with Gasteiger partial charge in [-0.1, -0.05) is 6.07 Å². The molecule has 0 aliphatic rings. The van der Waals surface area contributed by atoms with Gasteiger partial charge in [0.25, 0.3) is 0 Å². The number of hydrogen-bond donors (Lipinski definition) is 1. The highest BCUT2D eigenvalue weighted by Crippen LogP contribution is 2.22. The normalized spacial score (nSPS) is 10.5. The Hall–Kier alpha value is -2.80. The lowest BCUT2D eigenvalue weighted by molar-refractivity contribution is 0.0685. The van der Waals surface area contributed by atoms with Gasteiger partial charge in [0.1, 0.15) is 0 Å². The van der Waals surface area contributed by atoms with Crippen LogP contribution in [-0.2, 0) is 0 Å². The number of carbonyl (C=O) groups is 2. The van der Waals surface area contributed by atoms with Crippen molar-refractivity contribution in [2.24, 2.45) is 0 Å². The number of thiophene rings is 1. The zero-order valence-corrected chi connectivity index (χ0v) is 11.3. The van der Waals surface area contributed by atoms with E-state index in [1.165, 1.54) is 29.9 Å². The smallest absolute Gasteiger partial charge is 0.355 e. The maximum absolute atomic E-state index is 12.2. The molecule has 3 aromatic heterocycles. The molecule has 0 aromatic carbocycles. The van der Waals surface area contributed by atoms with Gasteiger partial charge in [-0.3, -0.25) is 4.79 Å². The van der Waals surface area contributed by atoms with E-state index in [0.717, 1.165) is 4.88 Å². The molecule has 1 N–H and O–H groups in total. The van der Waals surface area contributed by atoms with Crippen LogP contribution in [0.3, 0.4) is 0 Å². The number of ketones is 1. The standard InChI is InChI=1S/C14H8N2O4S/c17-12(9-3-1-5-20-9)8-7-15-13(10-4-2-6-21-10)16-11(8)14(18)19/h1-7H,(H,18,19).